The van der Waals surface area contributed by atoms with E-state index in [9.17, 15) is 4.79 Å². The van der Waals surface area contributed by atoms with Gasteiger partial charge >= 0.3 is 0 Å². The van der Waals surface area contributed by atoms with E-state index in [4.69, 9.17) is 5.84 Å². The summed E-state index contributed by atoms with van der Waals surface area (Å²) in [6.07, 6.45) is 0.444. The lowest BCUT2D eigenvalue weighted by molar-refractivity contribution is -0.121. The molecule has 1 amide bonds. The van der Waals surface area contributed by atoms with Crippen LogP contribution in [0.4, 0.5) is 0 Å². The zero-order valence-corrected chi connectivity index (χ0v) is 10.6. The van der Waals surface area contributed by atoms with Crippen LogP contribution in [-0.4, -0.2) is 23.4 Å². The Bertz CT molecular complexity index is 311. The third-order valence-corrected chi connectivity index (χ3v) is 3.32. The van der Waals surface area contributed by atoms with Gasteiger partial charge in [0, 0.05) is 30.4 Å². The summed E-state index contributed by atoms with van der Waals surface area (Å²) in [6, 6.07) is 4.58. The summed E-state index contributed by atoms with van der Waals surface area (Å²) in [5.74, 6) is 4.94. The maximum absolute atomic E-state index is 11.1. The zero-order chi connectivity index (χ0) is 12.0. The van der Waals surface area contributed by atoms with Gasteiger partial charge in [0.15, 0.2) is 0 Å². The molecule has 0 aliphatic carbocycles. The summed E-state index contributed by atoms with van der Waals surface area (Å²) >= 11 is 1.74. The van der Waals surface area contributed by atoms with E-state index in [-0.39, 0.29) is 5.91 Å². The third kappa shape index (κ3) is 4.30. The van der Waals surface area contributed by atoms with E-state index >= 15 is 0 Å². The van der Waals surface area contributed by atoms with Gasteiger partial charge in [-0.05, 0) is 25.3 Å². The number of nitrogens with zero attached hydrogens (tertiary/aromatic N) is 1. The van der Waals surface area contributed by atoms with Gasteiger partial charge in [0.1, 0.15) is 0 Å². The molecule has 0 saturated heterocycles. The van der Waals surface area contributed by atoms with Crippen LogP contribution in [-0.2, 0) is 11.3 Å². The smallest absolute Gasteiger partial charge is 0.235 e. The van der Waals surface area contributed by atoms with Crippen molar-refractivity contribution in [3.05, 3.63) is 22.4 Å². The molecule has 5 heteroatoms. The van der Waals surface area contributed by atoms with Gasteiger partial charge in [0.05, 0.1) is 0 Å². The minimum atomic E-state index is -0.114. The van der Waals surface area contributed by atoms with Crippen LogP contribution in [0.3, 0.4) is 0 Å². The average molecular weight is 241 g/mol. The number of thiophene rings is 1. The maximum Gasteiger partial charge on any atom is 0.235 e. The fourth-order valence-corrected chi connectivity index (χ4v) is 2.17. The minimum absolute atomic E-state index is 0.114. The molecule has 0 unspecified atom stereocenters. The molecule has 1 heterocycles. The summed E-state index contributed by atoms with van der Waals surface area (Å²) in [5, 5.41) is 2.07. The molecule has 3 N–H and O–H groups in total. The molecule has 1 aromatic rings. The SMILES string of the molecule is CC(C)N(CCC(=O)NN)Cc1cccs1. The molecule has 0 aromatic carbocycles. The summed E-state index contributed by atoms with van der Waals surface area (Å²) in [5.41, 5.74) is 2.16. The monoisotopic (exact) mass is 241 g/mol. The predicted molar refractivity (Wildman–Crippen MR) is 66.8 cm³/mol. The van der Waals surface area contributed by atoms with Crippen molar-refractivity contribution in [3.63, 3.8) is 0 Å². The first-order valence-electron chi connectivity index (χ1n) is 5.39. The number of carbonyl (C=O) groups is 1. The Morgan fingerprint density at radius 1 is 1.62 bits per heavy atom. The molecule has 0 aliphatic heterocycles. The quantitative estimate of drug-likeness (QED) is 0.449. The molecule has 0 spiro atoms. The molecule has 1 aromatic heterocycles. The van der Waals surface area contributed by atoms with Crippen molar-refractivity contribution < 1.29 is 4.79 Å². The first-order chi connectivity index (χ1) is 7.63. The van der Waals surface area contributed by atoms with Crippen molar-refractivity contribution in [2.75, 3.05) is 6.54 Å². The lowest BCUT2D eigenvalue weighted by atomic mass is 10.2. The van der Waals surface area contributed by atoms with Crippen molar-refractivity contribution in [2.24, 2.45) is 5.84 Å². The van der Waals surface area contributed by atoms with Gasteiger partial charge in [-0.15, -0.1) is 11.3 Å². The van der Waals surface area contributed by atoms with E-state index < -0.39 is 0 Å². The highest BCUT2D eigenvalue weighted by molar-refractivity contribution is 7.09. The average Bonchev–Trinajstić information content (AvgIpc) is 2.75. The van der Waals surface area contributed by atoms with Crippen LogP contribution in [0.5, 0.6) is 0 Å². The van der Waals surface area contributed by atoms with Crippen LogP contribution in [0, 0.1) is 0 Å². The topological polar surface area (TPSA) is 58.4 Å². The molecule has 16 heavy (non-hydrogen) atoms. The molecule has 0 fully saturated rings. The van der Waals surface area contributed by atoms with E-state index in [1.807, 2.05) is 6.07 Å². The summed E-state index contributed by atoms with van der Waals surface area (Å²) in [4.78, 5) is 14.7. The van der Waals surface area contributed by atoms with Crippen LogP contribution in [0.2, 0.25) is 0 Å². The molecule has 0 atom stereocenters. The van der Waals surface area contributed by atoms with E-state index in [2.05, 4.69) is 35.6 Å². The molecule has 1 rings (SSSR count). The van der Waals surface area contributed by atoms with E-state index in [0.717, 1.165) is 13.1 Å². The van der Waals surface area contributed by atoms with E-state index in [1.54, 1.807) is 11.3 Å². The largest absolute Gasteiger partial charge is 0.295 e. The van der Waals surface area contributed by atoms with Gasteiger partial charge in [-0.3, -0.25) is 15.1 Å². The molecule has 0 radical (unpaired) electrons. The molecular formula is C11H19N3OS. The van der Waals surface area contributed by atoms with Gasteiger partial charge < -0.3 is 0 Å². The van der Waals surface area contributed by atoms with Gasteiger partial charge in [-0.2, -0.15) is 0 Å². The molecule has 0 bridgehead atoms. The molecule has 90 valence electrons. The lowest BCUT2D eigenvalue weighted by Crippen LogP contribution is -2.36. The number of nitrogens with one attached hydrogen (secondary N) is 1. The van der Waals surface area contributed by atoms with Gasteiger partial charge in [0.2, 0.25) is 5.91 Å². The first-order valence-corrected chi connectivity index (χ1v) is 6.27. The summed E-state index contributed by atoms with van der Waals surface area (Å²) < 4.78 is 0. The fourth-order valence-electron chi connectivity index (χ4n) is 1.44. The maximum atomic E-state index is 11.1. The Kier molecular flexibility index (Phi) is 5.45. The highest BCUT2D eigenvalue weighted by atomic mass is 32.1. The highest BCUT2D eigenvalue weighted by Crippen LogP contribution is 2.13. The lowest BCUT2D eigenvalue weighted by Gasteiger charge is -2.25. The van der Waals surface area contributed by atoms with Crippen molar-refractivity contribution in [1.29, 1.82) is 0 Å². The van der Waals surface area contributed by atoms with Crippen LogP contribution < -0.4 is 11.3 Å². The Morgan fingerprint density at radius 2 is 2.38 bits per heavy atom. The van der Waals surface area contributed by atoms with Crippen molar-refractivity contribution in [1.82, 2.24) is 10.3 Å². The number of nitrogens with two attached hydrogens (primary N) is 1. The number of hydrogen-bond acceptors (Lipinski definition) is 4. The number of rotatable bonds is 6. The molecule has 0 aliphatic rings. The number of hydrogen-bond donors (Lipinski definition) is 2. The standard InChI is InChI=1S/C11H19N3OS/c1-9(2)14(6-5-11(15)13-12)8-10-4-3-7-16-10/h3-4,7,9H,5-6,8,12H2,1-2H3,(H,13,15). The second-order valence-electron chi connectivity index (χ2n) is 3.96. The van der Waals surface area contributed by atoms with Gasteiger partial charge in [0.25, 0.3) is 0 Å². The van der Waals surface area contributed by atoms with Crippen LogP contribution in [0.1, 0.15) is 25.1 Å². The van der Waals surface area contributed by atoms with Crippen LogP contribution in [0.15, 0.2) is 17.5 Å². The second-order valence-corrected chi connectivity index (χ2v) is 4.99. The minimum Gasteiger partial charge on any atom is -0.295 e. The Hall–Kier alpha value is -0.910. The normalized spacial score (nSPS) is 11.1. The predicted octanol–water partition coefficient (Wildman–Crippen LogP) is 1.34. The van der Waals surface area contributed by atoms with E-state index in [1.165, 1.54) is 4.88 Å². The Morgan fingerprint density at radius 3 is 2.88 bits per heavy atom. The highest BCUT2D eigenvalue weighted by Gasteiger charge is 2.12. The second kappa shape index (κ2) is 6.62. The Labute approximate surface area is 100 Å². The zero-order valence-electron chi connectivity index (χ0n) is 9.77. The third-order valence-electron chi connectivity index (χ3n) is 2.46. The van der Waals surface area contributed by atoms with Crippen molar-refractivity contribution in [3.8, 4) is 0 Å². The number of hydrazine groups is 1. The molecular weight excluding hydrogens is 222 g/mol. The number of amides is 1. The van der Waals surface area contributed by atoms with Crippen LogP contribution in [0.25, 0.3) is 0 Å². The van der Waals surface area contributed by atoms with Gasteiger partial charge in [-0.25, -0.2) is 5.84 Å². The van der Waals surface area contributed by atoms with Crippen molar-refractivity contribution >= 4 is 17.2 Å². The van der Waals surface area contributed by atoms with Crippen molar-refractivity contribution in [2.45, 2.75) is 32.9 Å². The van der Waals surface area contributed by atoms with Crippen LogP contribution >= 0.6 is 11.3 Å². The molecule has 0 saturated carbocycles. The summed E-state index contributed by atoms with van der Waals surface area (Å²) in [7, 11) is 0. The molecule has 4 nitrogen and oxygen atoms in total. The first kappa shape index (κ1) is 13.2. The fraction of sp³-hybridized carbons (Fsp3) is 0.545. The summed E-state index contributed by atoms with van der Waals surface area (Å²) in [6.45, 7) is 5.90. The Balaban J connectivity index is 2.45. The van der Waals surface area contributed by atoms with E-state index in [0.29, 0.717) is 12.5 Å². The van der Waals surface area contributed by atoms with Gasteiger partial charge in [-0.1, -0.05) is 6.07 Å². The number of carbonyl (C=O) groups excluding carboxylic acids is 1.